The van der Waals surface area contributed by atoms with E-state index < -0.39 is 5.03 Å². The third-order valence-corrected chi connectivity index (χ3v) is 0.538. The maximum atomic E-state index is 9.63. The number of hydrazone groups is 1. The predicted molar refractivity (Wildman–Crippen MR) is 36.2 cm³/mol. The third-order valence-electron chi connectivity index (χ3n) is 0.538. The quantitative estimate of drug-likeness (QED) is 0.239. The van der Waals surface area contributed by atoms with E-state index in [1.54, 1.807) is 0 Å². The van der Waals surface area contributed by atoms with Crippen molar-refractivity contribution in [3.05, 3.63) is 29.3 Å². The minimum atomic E-state index is -0.890. The fourth-order valence-electron chi connectivity index (χ4n) is 0.261. The Morgan fingerprint density at radius 3 is 2.90 bits per heavy atom. The van der Waals surface area contributed by atoms with Gasteiger partial charge >= 0.3 is 0 Å². The zero-order valence-electron chi connectivity index (χ0n) is 5.15. The summed E-state index contributed by atoms with van der Waals surface area (Å²) in [6.07, 6.45) is 1.39. The zero-order chi connectivity index (χ0) is 7.98. The molecule has 10 heavy (non-hydrogen) atoms. The van der Waals surface area contributed by atoms with E-state index in [-0.39, 0.29) is 5.96 Å². The topological polar surface area (TPSA) is 93.5 Å². The molecule has 6 heteroatoms. The van der Waals surface area contributed by atoms with Crippen LogP contribution >= 0.6 is 0 Å². The van der Waals surface area contributed by atoms with E-state index in [4.69, 9.17) is 5.73 Å². The molecule has 0 spiro atoms. The number of nitro groups is 1. The second-order valence-electron chi connectivity index (χ2n) is 1.27. The fourth-order valence-corrected chi connectivity index (χ4v) is 0.261. The van der Waals surface area contributed by atoms with Crippen molar-refractivity contribution >= 4 is 5.96 Å². The van der Waals surface area contributed by atoms with Crippen molar-refractivity contribution in [3.63, 3.8) is 0 Å². The van der Waals surface area contributed by atoms with Crippen LogP contribution in [-0.4, -0.2) is 11.0 Å². The number of guanidine groups is 1. The Balaban J connectivity index is 3.70. The van der Waals surface area contributed by atoms with Crippen molar-refractivity contribution in [3.8, 4) is 0 Å². The summed E-state index contributed by atoms with van der Waals surface area (Å²) in [5.74, 6) is -0.273. The summed E-state index contributed by atoms with van der Waals surface area (Å²) in [5.41, 5.74) is 4.98. The van der Waals surface area contributed by atoms with Gasteiger partial charge in [-0.15, -0.1) is 6.58 Å². The molecule has 3 N–H and O–H groups in total. The minimum absolute atomic E-state index is 0.273. The van der Waals surface area contributed by atoms with E-state index in [9.17, 15) is 10.1 Å². The highest BCUT2D eigenvalue weighted by molar-refractivity contribution is 5.77. The molecule has 55 valence electrons. The number of nitrogens with one attached hydrogen (secondary N) is 1. The van der Waals surface area contributed by atoms with E-state index in [1.165, 1.54) is 12.6 Å². The molecule has 0 saturated carbocycles. The first-order valence-electron chi connectivity index (χ1n) is 2.36. The van der Waals surface area contributed by atoms with Crippen LogP contribution in [-0.2, 0) is 0 Å². The first-order valence-corrected chi connectivity index (χ1v) is 2.36. The lowest BCUT2D eigenvalue weighted by Gasteiger charge is -1.93. The van der Waals surface area contributed by atoms with E-state index in [1.807, 2.05) is 0 Å². The highest BCUT2D eigenvalue weighted by Crippen LogP contribution is 1.71. The van der Waals surface area contributed by atoms with Crippen LogP contribution in [0.3, 0.4) is 0 Å². The van der Waals surface area contributed by atoms with Crippen LogP contribution in [0.5, 0.6) is 0 Å². The van der Waals surface area contributed by atoms with Gasteiger partial charge in [0.1, 0.15) is 5.10 Å². The summed E-state index contributed by atoms with van der Waals surface area (Å²) in [6.45, 7) is 4.65. The van der Waals surface area contributed by atoms with Crippen LogP contribution in [0.1, 0.15) is 0 Å². The molecule has 0 aromatic heterocycles. The first-order chi connectivity index (χ1) is 4.66. The number of nitrogens with zero attached hydrogens (tertiary/aromatic N) is 2. The van der Waals surface area contributed by atoms with Crippen molar-refractivity contribution in [2.75, 3.05) is 0 Å². The summed E-state index contributed by atoms with van der Waals surface area (Å²) in [6, 6.07) is 0. The summed E-state index contributed by atoms with van der Waals surface area (Å²) >= 11 is 0. The standard InChI is InChI=1S/C4H7N4O2/c1-2-3-6-4(5)7-8(9)10/h2-3H,1H2,(H3,5,6,7). The summed E-state index contributed by atoms with van der Waals surface area (Å²) in [5, 5.41) is 13.8. The van der Waals surface area contributed by atoms with E-state index in [0.717, 1.165) is 0 Å². The van der Waals surface area contributed by atoms with Gasteiger partial charge < -0.3 is 11.1 Å². The molecule has 0 rings (SSSR count). The van der Waals surface area contributed by atoms with Gasteiger partial charge in [-0.2, -0.15) is 0 Å². The summed E-state index contributed by atoms with van der Waals surface area (Å²) in [4.78, 5) is 9.63. The Morgan fingerprint density at radius 2 is 2.50 bits per heavy atom. The molecule has 0 aromatic rings. The maximum absolute atomic E-state index is 9.63. The highest BCUT2D eigenvalue weighted by atomic mass is 16.7. The number of hydrogen-bond acceptors (Lipinski definition) is 2. The lowest BCUT2D eigenvalue weighted by molar-refractivity contribution is -0.485. The Bertz CT molecular complexity index is 165. The van der Waals surface area contributed by atoms with Gasteiger partial charge in [-0.05, 0) is 0 Å². The molecule has 0 aliphatic rings. The number of nitrogens with two attached hydrogens (primary N) is 1. The van der Waals surface area contributed by atoms with Gasteiger partial charge in [-0.25, -0.2) is 10.1 Å². The van der Waals surface area contributed by atoms with Crippen molar-refractivity contribution in [2.45, 2.75) is 0 Å². The lowest BCUT2D eigenvalue weighted by Crippen LogP contribution is -2.29. The molecule has 0 heterocycles. The molecular weight excluding hydrogens is 136 g/mol. The predicted octanol–water partition coefficient (Wildman–Crippen LogP) is -0.570. The second kappa shape index (κ2) is 4.30. The van der Waals surface area contributed by atoms with Gasteiger partial charge in [-0.3, -0.25) is 0 Å². The molecule has 0 fully saturated rings. The van der Waals surface area contributed by atoms with Crippen LogP contribution in [0.2, 0.25) is 0 Å². The molecule has 0 atom stereocenters. The van der Waals surface area contributed by atoms with Crippen molar-refractivity contribution in [1.82, 2.24) is 5.32 Å². The molecular formula is C4H7N4O2. The van der Waals surface area contributed by atoms with Gasteiger partial charge in [0.25, 0.3) is 5.96 Å². The Hall–Kier alpha value is -1.59. The van der Waals surface area contributed by atoms with Crippen molar-refractivity contribution < 1.29 is 5.03 Å². The van der Waals surface area contributed by atoms with Crippen LogP contribution in [0.15, 0.2) is 17.8 Å². The van der Waals surface area contributed by atoms with Gasteiger partial charge in [0.05, 0.1) is 6.54 Å². The summed E-state index contributed by atoms with van der Waals surface area (Å²) < 4.78 is 0. The fraction of sp³-hybridized carbons (Fsp3) is 0. The SMILES string of the molecule is C=C[CH]N/C(N)=N\[N+](=O)[O-]. The molecule has 0 amide bonds. The Kier molecular flexibility index (Phi) is 3.62. The highest BCUT2D eigenvalue weighted by Gasteiger charge is 1.94. The maximum Gasteiger partial charge on any atom is 0.266 e. The average Bonchev–Trinajstić information content (AvgIpc) is 1.82. The van der Waals surface area contributed by atoms with E-state index in [0.29, 0.717) is 0 Å². The average molecular weight is 143 g/mol. The summed E-state index contributed by atoms with van der Waals surface area (Å²) in [7, 11) is 0. The molecule has 0 aliphatic carbocycles. The van der Waals surface area contributed by atoms with Crippen LogP contribution < -0.4 is 11.1 Å². The van der Waals surface area contributed by atoms with Gasteiger partial charge in [0, 0.05) is 0 Å². The van der Waals surface area contributed by atoms with Crippen molar-refractivity contribution in [1.29, 1.82) is 0 Å². The molecule has 0 bridgehead atoms. The lowest BCUT2D eigenvalue weighted by atomic mass is 10.6. The van der Waals surface area contributed by atoms with E-state index >= 15 is 0 Å². The smallest absolute Gasteiger partial charge is 0.266 e. The van der Waals surface area contributed by atoms with Gasteiger partial charge in [0.15, 0.2) is 5.03 Å². The molecule has 1 radical (unpaired) electrons. The Morgan fingerprint density at radius 1 is 1.90 bits per heavy atom. The molecule has 0 unspecified atom stereocenters. The first kappa shape index (κ1) is 8.41. The number of hydrogen-bond donors (Lipinski definition) is 2. The monoisotopic (exact) mass is 143 g/mol. The number of rotatable bonds is 3. The largest absolute Gasteiger partial charge is 0.365 e. The van der Waals surface area contributed by atoms with Crippen molar-refractivity contribution in [2.24, 2.45) is 10.8 Å². The van der Waals surface area contributed by atoms with Gasteiger partial charge in [-0.1, -0.05) is 6.08 Å². The van der Waals surface area contributed by atoms with Crippen LogP contribution in [0, 0.1) is 16.7 Å². The third kappa shape index (κ3) is 4.57. The van der Waals surface area contributed by atoms with Gasteiger partial charge in [0.2, 0.25) is 0 Å². The Labute approximate surface area is 57.6 Å². The molecule has 0 aromatic carbocycles. The van der Waals surface area contributed by atoms with Crippen LogP contribution in [0.25, 0.3) is 0 Å². The minimum Gasteiger partial charge on any atom is -0.365 e. The van der Waals surface area contributed by atoms with E-state index in [2.05, 4.69) is 17.0 Å². The molecule has 0 saturated heterocycles. The normalized spacial score (nSPS) is 10.6. The zero-order valence-corrected chi connectivity index (χ0v) is 5.15. The second-order valence-corrected chi connectivity index (χ2v) is 1.27. The van der Waals surface area contributed by atoms with Crippen LogP contribution in [0.4, 0.5) is 0 Å². The molecule has 0 aliphatic heterocycles. The molecule has 6 nitrogen and oxygen atoms in total.